The number of piperazine rings is 1. The Bertz CT molecular complexity index is 529. The SMILES string of the molecule is CCOc1ccc(C(=O)N2CCNC(C)(C)C2)cc1OCC. The lowest BCUT2D eigenvalue weighted by molar-refractivity contribution is 0.0651. The normalized spacial score (nSPS) is 17.2. The van der Waals surface area contributed by atoms with E-state index in [9.17, 15) is 4.79 Å². The molecule has 2 rings (SSSR count). The van der Waals surface area contributed by atoms with Gasteiger partial charge >= 0.3 is 0 Å². The summed E-state index contributed by atoms with van der Waals surface area (Å²) >= 11 is 0. The highest BCUT2D eigenvalue weighted by Gasteiger charge is 2.29. The lowest BCUT2D eigenvalue weighted by atomic mass is 10.0. The Morgan fingerprint density at radius 2 is 1.91 bits per heavy atom. The van der Waals surface area contributed by atoms with Crippen LogP contribution in [0.5, 0.6) is 11.5 Å². The number of nitrogens with zero attached hydrogens (tertiary/aromatic N) is 1. The van der Waals surface area contributed by atoms with Crippen LogP contribution in [0.4, 0.5) is 0 Å². The summed E-state index contributed by atoms with van der Waals surface area (Å²) in [6.45, 7) is 11.4. The second-order valence-electron chi connectivity index (χ2n) is 6.06. The lowest BCUT2D eigenvalue weighted by Crippen LogP contribution is -2.58. The molecule has 1 N–H and O–H groups in total. The highest BCUT2D eigenvalue weighted by atomic mass is 16.5. The summed E-state index contributed by atoms with van der Waals surface area (Å²) in [5, 5.41) is 3.41. The monoisotopic (exact) mass is 306 g/mol. The predicted molar refractivity (Wildman–Crippen MR) is 86.8 cm³/mol. The second kappa shape index (κ2) is 7.01. The van der Waals surface area contributed by atoms with Crippen molar-refractivity contribution in [2.45, 2.75) is 33.2 Å². The number of ether oxygens (including phenoxy) is 2. The average Bonchev–Trinajstić information content (AvgIpc) is 2.48. The number of hydrogen-bond acceptors (Lipinski definition) is 4. The van der Waals surface area contributed by atoms with Crippen LogP contribution in [0.2, 0.25) is 0 Å². The summed E-state index contributed by atoms with van der Waals surface area (Å²) in [4.78, 5) is 14.6. The molecular weight excluding hydrogens is 280 g/mol. The third-order valence-electron chi connectivity index (χ3n) is 3.65. The van der Waals surface area contributed by atoms with Crippen LogP contribution in [0.1, 0.15) is 38.1 Å². The molecule has 0 spiro atoms. The summed E-state index contributed by atoms with van der Waals surface area (Å²) in [7, 11) is 0. The number of hydrogen-bond donors (Lipinski definition) is 1. The van der Waals surface area contributed by atoms with Gasteiger partial charge in [-0.2, -0.15) is 0 Å². The predicted octanol–water partition coefficient (Wildman–Crippen LogP) is 2.31. The summed E-state index contributed by atoms with van der Waals surface area (Å²) in [6.07, 6.45) is 0. The fourth-order valence-corrected chi connectivity index (χ4v) is 2.68. The van der Waals surface area contributed by atoms with Crippen LogP contribution in [0.3, 0.4) is 0 Å². The molecule has 1 aliphatic heterocycles. The number of carbonyl (C=O) groups is 1. The second-order valence-corrected chi connectivity index (χ2v) is 6.06. The van der Waals surface area contributed by atoms with Crippen LogP contribution in [0.25, 0.3) is 0 Å². The average molecular weight is 306 g/mol. The molecule has 1 saturated heterocycles. The molecule has 0 atom stereocenters. The molecule has 122 valence electrons. The van der Waals surface area contributed by atoms with Gasteiger partial charge in [-0.15, -0.1) is 0 Å². The molecule has 5 heteroatoms. The minimum Gasteiger partial charge on any atom is -0.490 e. The summed E-state index contributed by atoms with van der Waals surface area (Å²) < 4.78 is 11.1. The van der Waals surface area contributed by atoms with E-state index in [4.69, 9.17) is 9.47 Å². The van der Waals surface area contributed by atoms with Gasteiger partial charge in [-0.1, -0.05) is 0 Å². The largest absolute Gasteiger partial charge is 0.490 e. The zero-order valence-corrected chi connectivity index (χ0v) is 13.9. The van der Waals surface area contributed by atoms with Gasteiger partial charge < -0.3 is 19.7 Å². The Labute approximate surface area is 132 Å². The van der Waals surface area contributed by atoms with Crippen molar-refractivity contribution in [3.63, 3.8) is 0 Å². The van der Waals surface area contributed by atoms with Crippen LogP contribution in [0, 0.1) is 0 Å². The molecule has 0 saturated carbocycles. The van der Waals surface area contributed by atoms with Gasteiger partial charge in [-0.05, 0) is 45.9 Å². The van der Waals surface area contributed by atoms with Crippen molar-refractivity contribution in [3.8, 4) is 11.5 Å². The number of benzene rings is 1. The van der Waals surface area contributed by atoms with Gasteiger partial charge in [-0.25, -0.2) is 0 Å². The summed E-state index contributed by atoms with van der Waals surface area (Å²) in [5.74, 6) is 1.35. The maximum atomic E-state index is 12.7. The van der Waals surface area contributed by atoms with Crippen molar-refractivity contribution in [1.82, 2.24) is 10.2 Å². The van der Waals surface area contributed by atoms with Crippen molar-refractivity contribution in [2.75, 3.05) is 32.8 Å². The number of nitrogens with one attached hydrogen (secondary N) is 1. The maximum absolute atomic E-state index is 12.7. The fourth-order valence-electron chi connectivity index (χ4n) is 2.68. The number of amides is 1. The summed E-state index contributed by atoms with van der Waals surface area (Å²) in [5.41, 5.74) is 0.590. The molecule has 0 aliphatic carbocycles. The van der Waals surface area contributed by atoms with Crippen LogP contribution < -0.4 is 14.8 Å². The fraction of sp³-hybridized carbons (Fsp3) is 0.588. The van der Waals surface area contributed by atoms with E-state index in [0.29, 0.717) is 36.8 Å². The van der Waals surface area contributed by atoms with Gasteiger partial charge in [0.15, 0.2) is 11.5 Å². The first-order chi connectivity index (χ1) is 10.5. The van der Waals surface area contributed by atoms with Crippen molar-refractivity contribution in [3.05, 3.63) is 23.8 Å². The molecule has 0 unspecified atom stereocenters. The van der Waals surface area contributed by atoms with Crippen LogP contribution in [-0.4, -0.2) is 49.2 Å². The van der Waals surface area contributed by atoms with Crippen LogP contribution in [-0.2, 0) is 0 Å². The van der Waals surface area contributed by atoms with E-state index in [1.54, 1.807) is 6.07 Å². The lowest BCUT2D eigenvalue weighted by Gasteiger charge is -2.39. The van der Waals surface area contributed by atoms with E-state index in [-0.39, 0.29) is 11.4 Å². The number of carbonyl (C=O) groups excluding carboxylic acids is 1. The molecule has 0 bridgehead atoms. The Morgan fingerprint density at radius 1 is 1.23 bits per heavy atom. The molecule has 1 heterocycles. The van der Waals surface area contributed by atoms with E-state index in [2.05, 4.69) is 19.2 Å². The molecule has 0 aromatic heterocycles. The Morgan fingerprint density at radius 3 is 2.55 bits per heavy atom. The van der Waals surface area contributed by atoms with Crippen molar-refractivity contribution in [2.24, 2.45) is 0 Å². The van der Waals surface area contributed by atoms with Crippen molar-refractivity contribution in [1.29, 1.82) is 0 Å². The molecule has 1 fully saturated rings. The first-order valence-electron chi connectivity index (χ1n) is 7.91. The van der Waals surface area contributed by atoms with Gasteiger partial charge in [0, 0.05) is 30.7 Å². The molecular formula is C17H26N2O3. The molecule has 1 aromatic rings. The van der Waals surface area contributed by atoms with E-state index in [0.717, 1.165) is 13.1 Å². The van der Waals surface area contributed by atoms with Gasteiger partial charge in [0.05, 0.1) is 13.2 Å². The zero-order chi connectivity index (χ0) is 16.2. The first-order valence-corrected chi connectivity index (χ1v) is 7.91. The van der Waals surface area contributed by atoms with Gasteiger partial charge in [0.1, 0.15) is 0 Å². The molecule has 22 heavy (non-hydrogen) atoms. The minimum absolute atomic E-state index is 0.0403. The molecule has 1 aromatic carbocycles. The quantitative estimate of drug-likeness (QED) is 0.907. The Hall–Kier alpha value is -1.75. The van der Waals surface area contributed by atoms with E-state index in [1.807, 2.05) is 30.9 Å². The van der Waals surface area contributed by atoms with Crippen LogP contribution >= 0.6 is 0 Å². The summed E-state index contributed by atoms with van der Waals surface area (Å²) in [6, 6.07) is 5.41. The Kier molecular flexibility index (Phi) is 5.29. The molecule has 1 aliphatic rings. The molecule has 5 nitrogen and oxygen atoms in total. The third kappa shape index (κ3) is 3.91. The van der Waals surface area contributed by atoms with E-state index in [1.165, 1.54) is 0 Å². The number of rotatable bonds is 5. The standard InChI is InChI=1S/C17H26N2O3/c1-5-21-14-8-7-13(11-15(14)22-6-2)16(20)19-10-9-18-17(3,4)12-19/h7-8,11,18H,5-6,9-10,12H2,1-4H3. The first kappa shape index (κ1) is 16.6. The van der Waals surface area contributed by atoms with Gasteiger partial charge in [0.25, 0.3) is 5.91 Å². The third-order valence-corrected chi connectivity index (χ3v) is 3.65. The molecule has 1 amide bonds. The van der Waals surface area contributed by atoms with E-state index < -0.39 is 0 Å². The maximum Gasteiger partial charge on any atom is 0.254 e. The van der Waals surface area contributed by atoms with Crippen molar-refractivity contribution >= 4 is 5.91 Å². The van der Waals surface area contributed by atoms with Crippen molar-refractivity contribution < 1.29 is 14.3 Å². The Balaban J connectivity index is 2.20. The smallest absolute Gasteiger partial charge is 0.254 e. The highest BCUT2D eigenvalue weighted by Crippen LogP contribution is 2.29. The van der Waals surface area contributed by atoms with Gasteiger partial charge in [-0.3, -0.25) is 4.79 Å². The highest BCUT2D eigenvalue weighted by molar-refractivity contribution is 5.95. The topological polar surface area (TPSA) is 50.8 Å². The zero-order valence-electron chi connectivity index (χ0n) is 13.9. The minimum atomic E-state index is -0.0536. The van der Waals surface area contributed by atoms with Gasteiger partial charge in [0.2, 0.25) is 0 Å². The van der Waals surface area contributed by atoms with Crippen LogP contribution in [0.15, 0.2) is 18.2 Å². The molecule has 0 radical (unpaired) electrons. The van der Waals surface area contributed by atoms with E-state index >= 15 is 0 Å².